The smallest absolute Gasteiger partial charge is 0.191 e. The molecule has 0 fully saturated rings. The maximum Gasteiger partial charge on any atom is 0.191 e. The lowest BCUT2D eigenvalue weighted by Gasteiger charge is -2.21. The van der Waals surface area contributed by atoms with Gasteiger partial charge in [0.15, 0.2) is 17.5 Å². The molecule has 1 aromatic carbocycles. The number of rotatable bonds is 5. The molecule has 1 unspecified atom stereocenters. The van der Waals surface area contributed by atoms with E-state index in [1.165, 1.54) is 0 Å². The molecule has 1 heterocycles. The van der Waals surface area contributed by atoms with E-state index in [1.54, 1.807) is 14.2 Å². The van der Waals surface area contributed by atoms with E-state index < -0.39 is 0 Å². The zero-order valence-corrected chi connectivity index (χ0v) is 16.6. The van der Waals surface area contributed by atoms with Crippen molar-refractivity contribution in [1.29, 1.82) is 0 Å². The topological polar surface area (TPSA) is 64.1 Å². The molecule has 8 heteroatoms. The summed E-state index contributed by atoms with van der Waals surface area (Å²) in [6.07, 6.45) is 0. The number of benzene rings is 1. The first-order valence-corrected chi connectivity index (χ1v) is 7.56. The molecule has 0 radical (unpaired) electrons. The molecule has 0 bridgehead atoms. The summed E-state index contributed by atoms with van der Waals surface area (Å²) in [7, 11) is 3.40. The van der Waals surface area contributed by atoms with Crippen LogP contribution in [0.3, 0.4) is 0 Å². The van der Waals surface area contributed by atoms with Crippen LogP contribution >= 0.6 is 35.6 Å². The van der Waals surface area contributed by atoms with E-state index in [2.05, 4.69) is 15.6 Å². The lowest BCUT2D eigenvalue weighted by Crippen LogP contribution is -2.43. The first kappa shape index (κ1) is 20.1. The Morgan fingerprint density at radius 2 is 2.13 bits per heavy atom. The van der Waals surface area contributed by atoms with Crippen LogP contribution in [-0.2, 0) is 11.3 Å². The number of hydrogen-bond donors (Lipinski definition) is 2. The summed E-state index contributed by atoms with van der Waals surface area (Å²) >= 11 is 6.23. The van der Waals surface area contributed by atoms with E-state index in [9.17, 15) is 0 Å². The summed E-state index contributed by atoms with van der Waals surface area (Å²) < 4.78 is 16.2. The number of methoxy groups -OCH3 is 1. The summed E-state index contributed by atoms with van der Waals surface area (Å²) in [5.74, 6) is 2.01. The van der Waals surface area contributed by atoms with Gasteiger partial charge in [-0.05, 0) is 24.6 Å². The van der Waals surface area contributed by atoms with Gasteiger partial charge in [-0.15, -0.1) is 24.0 Å². The zero-order chi connectivity index (χ0) is 15.9. The van der Waals surface area contributed by atoms with Gasteiger partial charge in [0.25, 0.3) is 0 Å². The molecule has 0 aromatic heterocycles. The van der Waals surface area contributed by atoms with Crippen molar-refractivity contribution in [1.82, 2.24) is 10.6 Å². The maximum absolute atomic E-state index is 6.23. The molecule has 0 saturated carbocycles. The minimum atomic E-state index is 0. The second-order valence-electron chi connectivity index (χ2n) is 5.03. The molecule has 1 aliphatic heterocycles. The number of ether oxygens (including phenoxy) is 3. The minimum absolute atomic E-state index is 0. The summed E-state index contributed by atoms with van der Waals surface area (Å²) in [5, 5.41) is 7.04. The fourth-order valence-electron chi connectivity index (χ4n) is 2.17. The summed E-state index contributed by atoms with van der Waals surface area (Å²) in [6.45, 7) is 4.28. The largest absolute Gasteiger partial charge is 0.486 e. The van der Waals surface area contributed by atoms with Gasteiger partial charge in [-0.1, -0.05) is 11.6 Å². The predicted molar refractivity (Wildman–Crippen MR) is 103 cm³/mol. The average Bonchev–Trinajstić information content (AvgIpc) is 2.51. The Labute approximate surface area is 158 Å². The summed E-state index contributed by atoms with van der Waals surface area (Å²) in [5.41, 5.74) is 0.997. The fraction of sp³-hybridized carbons (Fsp3) is 0.533. The Hall–Kier alpha value is -0.930. The highest BCUT2D eigenvalue weighted by Crippen LogP contribution is 2.38. The summed E-state index contributed by atoms with van der Waals surface area (Å²) in [4.78, 5) is 4.19. The number of fused-ring (bicyclic) bond motifs is 1. The van der Waals surface area contributed by atoms with Crippen molar-refractivity contribution in [2.45, 2.75) is 19.5 Å². The second-order valence-corrected chi connectivity index (χ2v) is 5.44. The third kappa shape index (κ3) is 5.89. The fourth-order valence-corrected chi connectivity index (χ4v) is 2.46. The van der Waals surface area contributed by atoms with Gasteiger partial charge in [-0.2, -0.15) is 0 Å². The molecule has 2 rings (SSSR count). The van der Waals surface area contributed by atoms with Crippen LogP contribution in [0.15, 0.2) is 17.1 Å². The molecule has 1 atom stereocenters. The van der Waals surface area contributed by atoms with Crippen molar-refractivity contribution >= 4 is 41.5 Å². The van der Waals surface area contributed by atoms with Crippen molar-refractivity contribution < 1.29 is 14.2 Å². The Kier molecular flexibility index (Phi) is 8.78. The minimum Gasteiger partial charge on any atom is -0.486 e. The quantitative estimate of drug-likeness (QED) is 0.406. The monoisotopic (exact) mass is 455 g/mol. The number of guanidine groups is 1. The maximum atomic E-state index is 6.23. The normalized spacial score (nSPS) is 14.7. The van der Waals surface area contributed by atoms with Gasteiger partial charge in [-0.25, -0.2) is 0 Å². The molecule has 2 N–H and O–H groups in total. The van der Waals surface area contributed by atoms with E-state index in [0.717, 1.165) is 5.56 Å². The van der Waals surface area contributed by atoms with E-state index in [0.29, 0.717) is 48.8 Å². The van der Waals surface area contributed by atoms with E-state index in [4.69, 9.17) is 25.8 Å². The third-order valence-corrected chi connectivity index (χ3v) is 3.42. The highest BCUT2D eigenvalue weighted by Gasteiger charge is 2.16. The molecule has 6 nitrogen and oxygen atoms in total. The third-order valence-electron chi connectivity index (χ3n) is 3.14. The van der Waals surface area contributed by atoms with Gasteiger partial charge in [0, 0.05) is 26.7 Å². The van der Waals surface area contributed by atoms with Crippen LogP contribution in [0.2, 0.25) is 5.02 Å². The van der Waals surface area contributed by atoms with Gasteiger partial charge in [-0.3, -0.25) is 4.99 Å². The SMILES string of the molecule is CN=C(NCc1cc(Cl)c2c(c1)OCCO2)NC(C)COC.I. The molecular formula is C15H23ClIN3O3. The molecule has 0 amide bonds. The number of nitrogens with one attached hydrogen (secondary N) is 2. The highest BCUT2D eigenvalue weighted by molar-refractivity contribution is 14.0. The Morgan fingerprint density at radius 3 is 2.83 bits per heavy atom. The summed E-state index contributed by atoms with van der Waals surface area (Å²) in [6, 6.07) is 3.97. The lowest BCUT2D eigenvalue weighted by molar-refractivity contribution is 0.171. The van der Waals surface area contributed by atoms with Crippen molar-refractivity contribution in [2.24, 2.45) is 4.99 Å². The zero-order valence-electron chi connectivity index (χ0n) is 13.5. The van der Waals surface area contributed by atoms with Gasteiger partial charge in [0.1, 0.15) is 13.2 Å². The molecule has 0 aliphatic carbocycles. The molecule has 1 aliphatic rings. The van der Waals surface area contributed by atoms with Gasteiger partial charge in [0.2, 0.25) is 0 Å². The van der Waals surface area contributed by atoms with E-state index >= 15 is 0 Å². The molecular weight excluding hydrogens is 433 g/mol. The second kappa shape index (κ2) is 10.0. The van der Waals surface area contributed by atoms with E-state index in [1.807, 2.05) is 19.1 Å². The number of halogens is 2. The molecule has 0 spiro atoms. The molecule has 1 aromatic rings. The molecule has 23 heavy (non-hydrogen) atoms. The first-order valence-electron chi connectivity index (χ1n) is 7.18. The van der Waals surface area contributed by atoms with Crippen LogP contribution in [0, 0.1) is 0 Å². The Bertz CT molecular complexity index is 543. The van der Waals surface area contributed by atoms with Crippen LogP contribution in [0.25, 0.3) is 0 Å². The standard InChI is InChI=1S/C15H22ClN3O3.HI/c1-10(9-20-3)19-15(17-2)18-8-11-6-12(16)14-13(7-11)21-4-5-22-14;/h6-7,10H,4-5,8-9H2,1-3H3,(H2,17,18,19);1H. The van der Waals surface area contributed by atoms with Crippen LogP contribution < -0.4 is 20.1 Å². The molecule has 130 valence electrons. The van der Waals surface area contributed by atoms with Crippen molar-refractivity contribution in [3.05, 3.63) is 22.7 Å². The van der Waals surface area contributed by atoms with Crippen molar-refractivity contribution in [3.8, 4) is 11.5 Å². The van der Waals surface area contributed by atoms with Crippen molar-refractivity contribution in [2.75, 3.05) is 34.0 Å². The first-order chi connectivity index (χ1) is 10.6. The molecule has 0 saturated heterocycles. The Morgan fingerprint density at radius 1 is 1.39 bits per heavy atom. The average molecular weight is 456 g/mol. The number of aliphatic imine (C=N–C) groups is 1. The van der Waals surface area contributed by atoms with Crippen molar-refractivity contribution in [3.63, 3.8) is 0 Å². The van der Waals surface area contributed by atoms with Crippen LogP contribution in [-0.4, -0.2) is 46.0 Å². The van der Waals surface area contributed by atoms with Crippen LogP contribution in [0.1, 0.15) is 12.5 Å². The highest BCUT2D eigenvalue weighted by atomic mass is 127. The van der Waals surface area contributed by atoms with Gasteiger partial charge in [0.05, 0.1) is 11.6 Å². The Balaban J connectivity index is 0.00000264. The number of nitrogens with zero attached hydrogens (tertiary/aromatic N) is 1. The van der Waals surface area contributed by atoms with E-state index in [-0.39, 0.29) is 30.0 Å². The predicted octanol–water partition coefficient (Wildman–Crippen LogP) is 2.43. The van der Waals surface area contributed by atoms with Crippen LogP contribution in [0.5, 0.6) is 11.5 Å². The lowest BCUT2D eigenvalue weighted by atomic mass is 10.2. The van der Waals surface area contributed by atoms with Gasteiger partial charge < -0.3 is 24.8 Å². The number of hydrogen-bond acceptors (Lipinski definition) is 4. The van der Waals surface area contributed by atoms with Gasteiger partial charge >= 0.3 is 0 Å². The van der Waals surface area contributed by atoms with Crippen LogP contribution in [0.4, 0.5) is 0 Å².